The van der Waals surface area contributed by atoms with Crippen molar-refractivity contribution in [3.05, 3.63) is 86.9 Å². The molecule has 34 heavy (non-hydrogen) atoms. The summed E-state index contributed by atoms with van der Waals surface area (Å²) in [6, 6.07) is 15.9. The SMILES string of the molecule is COc1cc(/C=N/NC(=O)C(C)Oc2ccc(Cl)cc2)ccc1OC(=O)c1ccc(Cl)cc1Cl. The summed E-state index contributed by atoms with van der Waals surface area (Å²) < 4.78 is 16.3. The van der Waals surface area contributed by atoms with Gasteiger partial charge in [0.05, 0.1) is 23.9 Å². The highest BCUT2D eigenvalue weighted by atomic mass is 35.5. The van der Waals surface area contributed by atoms with Crippen LogP contribution in [0.2, 0.25) is 15.1 Å². The van der Waals surface area contributed by atoms with Gasteiger partial charge in [-0.3, -0.25) is 4.79 Å². The molecule has 0 aliphatic carbocycles. The van der Waals surface area contributed by atoms with E-state index < -0.39 is 18.0 Å². The van der Waals surface area contributed by atoms with Crippen LogP contribution < -0.4 is 19.6 Å². The van der Waals surface area contributed by atoms with Gasteiger partial charge in [-0.25, -0.2) is 10.2 Å². The molecule has 0 spiro atoms. The summed E-state index contributed by atoms with van der Waals surface area (Å²) in [5.74, 6) is -0.129. The zero-order valence-electron chi connectivity index (χ0n) is 18.1. The Labute approximate surface area is 211 Å². The number of methoxy groups -OCH3 is 1. The van der Waals surface area contributed by atoms with Crippen LogP contribution in [0.25, 0.3) is 0 Å². The maximum atomic E-state index is 12.5. The Morgan fingerprint density at radius 3 is 2.32 bits per heavy atom. The Morgan fingerprint density at radius 1 is 0.941 bits per heavy atom. The van der Waals surface area contributed by atoms with Gasteiger partial charge in [0.2, 0.25) is 0 Å². The summed E-state index contributed by atoms with van der Waals surface area (Å²) in [6.45, 7) is 1.60. The van der Waals surface area contributed by atoms with Gasteiger partial charge < -0.3 is 14.2 Å². The molecule has 0 saturated heterocycles. The highest BCUT2D eigenvalue weighted by molar-refractivity contribution is 6.36. The van der Waals surface area contributed by atoms with Crippen LogP contribution in [0.5, 0.6) is 17.2 Å². The number of benzene rings is 3. The van der Waals surface area contributed by atoms with Crippen molar-refractivity contribution in [1.82, 2.24) is 5.43 Å². The van der Waals surface area contributed by atoms with Crippen LogP contribution in [0.15, 0.2) is 65.8 Å². The van der Waals surface area contributed by atoms with Gasteiger partial charge in [0.25, 0.3) is 5.91 Å². The number of hydrazone groups is 1. The molecule has 0 aromatic heterocycles. The zero-order chi connectivity index (χ0) is 24.7. The third-order valence-electron chi connectivity index (χ3n) is 4.43. The summed E-state index contributed by atoms with van der Waals surface area (Å²) in [4.78, 5) is 24.7. The van der Waals surface area contributed by atoms with E-state index in [1.165, 1.54) is 37.6 Å². The number of nitrogens with zero attached hydrogens (tertiary/aromatic N) is 1. The van der Waals surface area contributed by atoms with Crippen LogP contribution in [0.3, 0.4) is 0 Å². The molecule has 0 aliphatic heterocycles. The molecule has 176 valence electrons. The average Bonchev–Trinajstić information content (AvgIpc) is 2.81. The van der Waals surface area contributed by atoms with E-state index in [1.807, 2.05) is 0 Å². The first-order chi connectivity index (χ1) is 16.3. The summed E-state index contributed by atoms with van der Waals surface area (Å²) >= 11 is 17.8. The minimum atomic E-state index is -0.783. The summed E-state index contributed by atoms with van der Waals surface area (Å²) in [7, 11) is 1.43. The summed E-state index contributed by atoms with van der Waals surface area (Å²) in [5, 5.41) is 5.08. The first-order valence-electron chi connectivity index (χ1n) is 9.87. The van der Waals surface area contributed by atoms with Crippen molar-refractivity contribution in [1.29, 1.82) is 0 Å². The Hall–Kier alpha value is -3.26. The van der Waals surface area contributed by atoms with E-state index in [4.69, 9.17) is 49.0 Å². The molecule has 1 unspecified atom stereocenters. The van der Waals surface area contributed by atoms with Gasteiger partial charge >= 0.3 is 5.97 Å². The molecule has 3 aromatic carbocycles. The number of carbonyl (C=O) groups is 2. The van der Waals surface area contributed by atoms with E-state index >= 15 is 0 Å². The number of hydrogen-bond donors (Lipinski definition) is 1. The number of esters is 1. The maximum absolute atomic E-state index is 12.5. The summed E-state index contributed by atoms with van der Waals surface area (Å²) in [5.41, 5.74) is 3.16. The molecule has 0 saturated carbocycles. The van der Waals surface area contributed by atoms with Crippen molar-refractivity contribution < 1.29 is 23.8 Å². The van der Waals surface area contributed by atoms with Gasteiger partial charge in [-0.15, -0.1) is 0 Å². The lowest BCUT2D eigenvalue weighted by Crippen LogP contribution is -2.33. The second-order valence-corrected chi connectivity index (χ2v) is 8.15. The maximum Gasteiger partial charge on any atom is 0.345 e. The van der Waals surface area contributed by atoms with Crippen molar-refractivity contribution in [2.24, 2.45) is 5.10 Å². The molecule has 0 radical (unpaired) electrons. The van der Waals surface area contributed by atoms with E-state index in [1.54, 1.807) is 43.3 Å². The van der Waals surface area contributed by atoms with E-state index in [2.05, 4.69) is 10.5 Å². The molecule has 1 atom stereocenters. The van der Waals surface area contributed by atoms with Gasteiger partial charge in [0.1, 0.15) is 5.75 Å². The van der Waals surface area contributed by atoms with Crippen molar-refractivity contribution in [3.63, 3.8) is 0 Å². The lowest BCUT2D eigenvalue weighted by atomic mass is 10.2. The normalized spacial score (nSPS) is 11.7. The van der Waals surface area contributed by atoms with E-state index in [9.17, 15) is 9.59 Å². The van der Waals surface area contributed by atoms with Crippen LogP contribution in [0, 0.1) is 0 Å². The largest absolute Gasteiger partial charge is 0.493 e. The van der Waals surface area contributed by atoms with Crippen molar-refractivity contribution in [2.75, 3.05) is 7.11 Å². The summed E-state index contributed by atoms with van der Waals surface area (Å²) in [6.07, 6.45) is 0.631. The van der Waals surface area contributed by atoms with Gasteiger partial charge in [-0.05, 0) is 73.2 Å². The second-order valence-electron chi connectivity index (χ2n) is 6.87. The molecule has 0 heterocycles. The lowest BCUT2D eigenvalue weighted by Gasteiger charge is -2.13. The van der Waals surface area contributed by atoms with Crippen LogP contribution in [-0.2, 0) is 4.79 Å². The Bertz CT molecular complexity index is 1220. The molecule has 0 aliphatic rings. The first kappa shape index (κ1) is 25.4. The van der Waals surface area contributed by atoms with Gasteiger partial charge in [0, 0.05) is 10.0 Å². The van der Waals surface area contributed by atoms with Gasteiger partial charge in [-0.1, -0.05) is 34.8 Å². The second kappa shape index (κ2) is 11.7. The van der Waals surface area contributed by atoms with Crippen molar-refractivity contribution in [2.45, 2.75) is 13.0 Å². The third-order valence-corrected chi connectivity index (χ3v) is 5.23. The standard InChI is InChI=1S/C24H19Cl3N2O5/c1-14(33-18-7-4-16(25)5-8-18)23(30)29-28-13-15-3-10-21(22(11-15)32-2)34-24(31)19-9-6-17(26)12-20(19)27/h3-14H,1-2H3,(H,29,30)/b28-13+. The number of carbonyl (C=O) groups excluding carboxylic acids is 2. The van der Waals surface area contributed by atoms with Crippen LogP contribution in [0.4, 0.5) is 0 Å². The molecular formula is C24H19Cl3N2O5. The highest BCUT2D eigenvalue weighted by Crippen LogP contribution is 2.30. The molecule has 0 bridgehead atoms. The smallest absolute Gasteiger partial charge is 0.345 e. The fraction of sp³-hybridized carbons (Fsp3) is 0.125. The van der Waals surface area contributed by atoms with Crippen molar-refractivity contribution >= 4 is 52.9 Å². The van der Waals surface area contributed by atoms with E-state index in [-0.39, 0.29) is 22.1 Å². The van der Waals surface area contributed by atoms with E-state index in [0.717, 1.165) is 0 Å². The number of hydrogen-bond acceptors (Lipinski definition) is 6. The monoisotopic (exact) mass is 520 g/mol. The van der Waals surface area contributed by atoms with E-state index in [0.29, 0.717) is 21.4 Å². The first-order valence-corrected chi connectivity index (χ1v) is 11.0. The quantitative estimate of drug-likeness (QED) is 0.175. The molecular weight excluding hydrogens is 503 g/mol. The zero-order valence-corrected chi connectivity index (χ0v) is 20.3. The number of halogens is 3. The topological polar surface area (TPSA) is 86.2 Å². The molecule has 10 heteroatoms. The Morgan fingerprint density at radius 2 is 1.65 bits per heavy atom. The molecule has 3 aromatic rings. The predicted molar refractivity (Wildman–Crippen MR) is 132 cm³/mol. The van der Waals surface area contributed by atoms with Crippen molar-refractivity contribution in [3.8, 4) is 17.2 Å². The fourth-order valence-electron chi connectivity index (χ4n) is 2.69. The molecule has 0 fully saturated rings. The van der Waals surface area contributed by atoms with Gasteiger partial charge in [0.15, 0.2) is 17.6 Å². The van der Waals surface area contributed by atoms with Crippen LogP contribution in [0.1, 0.15) is 22.8 Å². The third kappa shape index (κ3) is 6.87. The Balaban J connectivity index is 1.61. The van der Waals surface area contributed by atoms with Crippen LogP contribution >= 0.6 is 34.8 Å². The minimum absolute atomic E-state index is 0.163. The number of ether oxygens (including phenoxy) is 3. The molecule has 7 nitrogen and oxygen atoms in total. The number of rotatable bonds is 8. The van der Waals surface area contributed by atoms with Gasteiger partial charge in [-0.2, -0.15) is 5.10 Å². The Kier molecular flexibility index (Phi) is 8.76. The number of amides is 1. The average molecular weight is 522 g/mol. The number of nitrogens with one attached hydrogen (secondary N) is 1. The lowest BCUT2D eigenvalue weighted by molar-refractivity contribution is -0.127. The van der Waals surface area contributed by atoms with Crippen LogP contribution in [-0.4, -0.2) is 31.3 Å². The fourth-order valence-corrected chi connectivity index (χ4v) is 3.30. The molecule has 3 rings (SSSR count). The minimum Gasteiger partial charge on any atom is -0.493 e. The predicted octanol–water partition coefficient (Wildman–Crippen LogP) is 5.79. The molecule has 1 amide bonds. The molecule has 1 N–H and O–H groups in total. The highest BCUT2D eigenvalue weighted by Gasteiger charge is 2.16.